The molecule has 0 aromatic carbocycles. The van der Waals surface area contributed by atoms with Gasteiger partial charge in [0.25, 0.3) is 0 Å². The number of unbranched alkanes of at least 4 members (excludes halogenated alkanes) is 30. The van der Waals surface area contributed by atoms with Crippen LogP contribution < -0.4 is 0 Å². The first-order valence-electron chi connectivity index (χ1n) is 22.9. The first kappa shape index (κ1) is 52.2. The van der Waals surface area contributed by atoms with Crippen LogP contribution in [-0.4, -0.2) is 75.3 Å². The molecule has 52 heavy (non-hydrogen) atoms. The van der Waals surface area contributed by atoms with Crippen molar-refractivity contribution >= 4 is 7.28 Å². The van der Waals surface area contributed by atoms with E-state index in [1.165, 1.54) is 180 Å². The van der Waals surface area contributed by atoms with Gasteiger partial charge in [-0.15, -0.1) is 0 Å². The van der Waals surface area contributed by atoms with Crippen molar-refractivity contribution in [3.63, 3.8) is 0 Å². The van der Waals surface area contributed by atoms with Crippen LogP contribution in [-0.2, 0) is 9.47 Å². The predicted molar refractivity (Wildman–Crippen MR) is 225 cm³/mol. The van der Waals surface area contributed by atoms with E-state index in [1.54, 1.807) is 0 Å². The summed E-state index contributed by atoms with van der Waals surface area (Å²) in [5, 5.41) is 21.1. The Kier molecular flexibility index (Phi) is 36.9. The van der Waals surface area contributed by atoms with Gasteiger partial charge in [-0.25, -0.2) is 0 Å². The molecule has 0 rings (SSSR count). The molecule has 0 aliphatic heterocycles. The summed E-state index contributed by atoms with van der Waals surface area (Å²) < 4.78 is 11.5. The van der Waals surface area contributed by atoms with Crippen molar-refractivity contribution < 1.29 is 34.4 Å². The predicted octanol–water partition coefficient (Wildman–Crippen LogP) is 12.3. The third kappa shape index (κ3) is 37.1. The number of aliphatic hydroxyl groups is 2. The van der Waals surface area contributed by atoms with Gasteiger partial charge in [0.05, 0.1) is 0 Å². The monoisotopic (exact) mass is 765 g/mol. The normalized spacial score (nSPS) is 14.7. The smallest absolute Gasteiger partial charge is 0.0654 e. The van der Waals surface area contributed by atoms with Gasteiger partial charge in [0.15, 0.2) is 0 Å². The summed E-state index contributed by atoms with van der Waals surface area (Å²) in [6.45, 7) is 7.36. The van der Waals surface area contributed by atoms with Gasteiger partial charge in [-0.2, -0.15) is 0 Å². The first-order valence-corrected chi connectivity index (χ1v) is 25.4. The average molecular weight is 765 g/mol. The van der Waals surface area contributed by atoms with Gasteiger partial charge in [0.2, 0.25) is 0 Å². The van der Waals surface area contributed by atoms with Crippen molar-refractivity contribution in [3.05, 3.63) is 0 Å². The van der Waals surface area contributed by atoms with Gasteiger partial charge in [0.1, 0.15) is 0 Å². The zero-order valence-electron chi connectivity index (χ0n) is 35.1. The molecule has 0 aromatic heterocycles. The molecule has 0 saturated heterocycles. The average Bonchev–Trinajstić information content (AvgIpc) is 3.09. The molecule has 7 nitrogen and oxygen atoms in total. The van der Waals surface area contributed by atoms with Crippen molar-refractivity contribution in [1.29, 1.82) is 0 Å². The van der Waals surface area contributed by atoms with E-state index in [9.17, 15) is 24.9 Å². The quantitative estimate of drug-likeness (QED) is 0.0310. The molecular formula is C44H93O7P. The van der Waals surface area contributed by atoms with E-state index in [0.29, 0.717) is 19.6 Å². The Morgan fingerprint density at radius 3 is 1.04 bits per heavy atom. The Bertz CT molecular complexity index is 716. The molecule has 0 bridgehead atoms. The third-order valence-corrected chi connectivity index (χ3v) is 13.1. The zero-order valence-corrected chi connectivity index (χ0v) is 36.0. The molecule has 3 unspecified atom stereocenters. The van der Waals surface area contributed by atoms with Crippen molar-refractivity contribution in [1.82, 2.24) is 0 Å². The van der Waals surface area contributed by atoms with Crippen molar-refractivity contribution in [2.24, 2.45) is 0 Å². The third-order valence-electron chi connectivity index (χ3n) is 10.8. The molecule has 5 N–H and O–H groups in total. The fourth-order valence-electron chi connectivity index (χ4n) is 7.42. The van der Waals surface area contributed by atoms with Gasteiger partial charge in [-0.1, -0.05) is 129 Å². The molecule has 0 saturated carbocycles. The Hall–Kier alpha value is 0.150. The van der Waals surface area contributed by atoms with Crippen LogP contribution in [0.25, 0.3) is 0 Å². The minimum absolute atomic E-state index is 0.0681. The summed E-state index contributed by atoms with van der Waals surface area (Å²) in [6.07, 6.45) is 38.1. The Balaban J connectivity index is 3.80. The van der Waals surface area contributed by atoms with E-state index < -0.39 is 37.9 Å². The second-order valence-electron chi connectivity index (χ2n) is 16.4. The number of rotatable bonds is 43. The molecule has 0 aromatic rings. The van der Waals surface area contributed by atoms with Gasteiger partial charge in [-0.3, -0.25) is 0 Å². The fourth-order valence-corrected chi connectivity index (χ4v) is 9.54. The number of aliphatic hydroxyl groups excluding tert-OH is 2. The summed E-state index contributed by atoms with van der Waals surface area (Å²) in [6, 6.07) is 0. The van der Waals surface area contributed by atoms with E-state index >= 15 is 0 Å². The van der Waals surface area contributed by atoms with Gasteiger partial charge in [-0.05, 0) is 0 Å². The fraction of sp³-hybridized carbons (Fsp3) is 1.00. The Labute approximate surface area is 324 Å². The van der Waals surface area contributed by atoms with Crippen LogP contribution in [0.5, 0.6) is 0 Å². The van der Waals surface area contributed by atoms with Gasteiger partial charge < -0.3 is 0 Å². The summed E-state index contributed by atoms with van der Waals surface area (Å²) in [5.41, 5.74) is 0. The van der Waals surface area contributed by atoms with Crippen LogP contribution in [0.1, 0.15) is 233 Å². The second-order valence-corrected chi connectivity index (χ2v) is 19.8. The summed E-state index contributed by atoms with van der Waals surface area (Å²) in [5.74, 6) is 0. The molecule has 0 radical (unpaired) electrons. The first-order chi connectivity index (χ1) is 25.1. The zero-order chi connectivity index (χ0) is 38.5. The summed E-state index contributed by atoms with van der Waals surface area (Å²) in [4.78, 5) is 31.9. The molecule has 0 aliphatic rings. The van der Waals surface area contributed by atoms with Crippen LogP contribution in [0.15, 0.2) is 0 Å². The van der Waals surface area contributed by atoms with E-state index in [-0.39, 0.29) is 6.61 Å². The Morgan fingerprint density at radius 1 is 0.404 bits per heavy atom. The van der Waals surface area contributed by atoms with Crippen molar-refractivity contribution in [3.8, 4) is 0 Å². The van der Waals surface area contributed by atoms with Crippen LogP contribution in [0.2, 0.25) is 0 Å². The van der Waals surface area contributed by atoms with Crippen LogP contribution in [0.3, 0.4) is 0 Å². The van der Waals surface area contributed by atoms with Crippen LogP contribution in [0.4, 0.5) is 0 Å². The molecule has 316 valence electrons. The standard InChI is InChI=1S/C44H93O7P/c1-4-7-9-11-13-15-17-19-21-23-25-27-29-31-33-35-37-50-39-42(45)40-52(47,48,49)41-43(46)44(6-3)51-38-36-34-32-30-28-26-24-22-20-18-16-14-12-10-8-5-2/h42-49H,4-41H2,1-3H3. The molecule has 0 spiro atoms. The second kappa shape index (κ2) is 36.8. The molecular weight excluding hydrogens is 671 g/mol. The number of hydrogen-bond donors (Lipinski definition) is 5. The van der Waals surface area contributed by atoms with Gasteiger partial charge >= 0.3 is 195 Å². The molecule has 3 atom stereocenters. The van der Waals surface area contributed by atoms with E-state index in [2.05, 4.69) is 13.8 Å². The number of ether oxygens (including phenoxy) is 2. The molecule has 8 heteroatoms. The maximum absolute atomic E-state index is 10.7. The van der Waals surface area contributed by atoms with Crippen LogP contribution >= 0.6 is 7.28 Å². The number of hydrogen-bond acceptors (Lipinski definition) is 7. The minimum Gasteiger partial charge on any atom is -0.0654 e. The summed E-state index contributed by atoms with van der Waals surface area (Å²) in [7, 11) is -5.26. The SMILES string of the molecule is CCCCCCCCCCCCCCCCCCOCC(O)CP(O)(O)(O)CC(O)C(CC)OCCCCCCCCCCCCCCCCCC. The van der Waals surface area contributed by atoms with Crippen molar-refractivity contribution in [2.75, 3.05) is 32.1 Å². The maximum atomic E-state index is 10.7. The molecule has 0 fully saturated rings. The van der Waals surface area contributed by atoms with E-state index in [0.717, 1.165) is 25.7 Å². The van der Waals surface area contributed by atoms with Gasteiger partial charge in [0, 0.05) is 0 Å². The topological polar surface area (TPSA) is 120 Å². The van der Waals surface area contributed by atoms with E-state index in [4.69, 9.17) is 9.47 Å². The molecule has 0 amide bonds. The molecule has 0 aliphatic carbocycles. The minimum atomic E-state index is -5.26. The van der Waals surface area contributed by atoms with Crippen LogP contribution in [0, 0.1) is 0 Å². The Morgan fingerprint density at radius 2 is 0.712 bits per heavy atom. The summed E-state index contributed by atoms with van der Waals surface area (Å²) >= 11 is 0. The van der Waals surface area contributed by atoms with E-state index in [1.807, 2.05) is 6.92 Å². The van der Waals surface area contributed by atoms with Crippen molar-refractivity contribution in [2.45, 2.75) is 251 Å². The molecule has 0 heterocycles.